The maximum atomic E-state index is 3.69. The maximum absolute atomic E-state index is 3.69. The minimum atomic E-state index is 0.236. The lowest BCUT2D eigenvalue weighted by Crippen LogP contribution is -2.24. The van der Waals surface area contributed by atoms with E-state index in [-0.39, 0.29) is 5.41 Å². The Kier molecular flexibility index (Phi) is 1.60. The lowest BCUT2D eigenvalue weighted by atomic mass is 9.79. The molecule has 0 spiro atoms. The van der Waals surface area contributed by atoms with Crippen LogP contribution in [-0.2, 0) is 11.8 Å². The topological polar surface area (TPSA) is 12.0 Å². The predicted molar refractivity (Wildman–Crippen MR) is 70.3 cm³/mol. The first-order chi connectivity index (χ1) is 8.29. The third-order valence-corrected chi connectivity index (χ3v) is 4.40. The minimum Gasteiger partial charge on any atom is -0.377 e. The van der Waals surface area contributed by atoms with E-state index in [4.69, 9.17) is 0 Å². The van der Waals surface area contributed by atoms with Gasteiger partial charge in [-0.1, -0.05) is 49.4 Å². The van der Waals surface area contributed by atoms with Crippen molar-refractivity contribution < 1.29 is 0 Å². The van der Waals surface area contributed by atoms with Gasteiger partial charge in [-0.2, -0.15) is 0 Å². The molecule has 1 heterocycles. The molecular weight excluding hydrogens is 206 g/mol. The standard InChI is InChI=1S/C16H15N/c1-16-10-11-6-2-3-7-12(11)15(16)17-14-9-5-4-8-13(14)16/h2-9,15,17H,10H2,1H3/t15-,16-/m1/s1. The van der Waals surface area contributed by atoms with Crippen molar-refractivity contribution >= 4 is 5.69 Å². The Labute approximate surface area is 101 Å². The van der Waals surface area contributed by atoms with Crippen molar-refractivity contribution in [2.24, 2.45) is 0 Å². The second-order valence-electron chi connectivity index (χ2n) is 5.42. The van der Waals surface area contributed by atoms with Crippen LogP contribution in [0, 0.1) is 0 Å². The third-order valence-electron chi connectivity index (χ3n) is 4.40. The molecule has 2 atom stereocenters. The molecule has 2 aliphatic rings. The average Bonchev–Trinajstić information content (AvgIpc) is 2.79. The monoisotopic (exact) mass is 221 g/mol. The predicted octanol–water partition coefficient (Wildman–Crippen LogP) is 3.67. The fourth-order valence-electron chi connectivity index (χ4n) is 3.57. The van der Waals surface area contributed by atoms with Gasteiger partial charge in [-0.25, -0.2) is 0 Å². The van der Waals surface area contributed by atoms with E-state index >= 15 is 0 Å². The third kappa shape index (κ3) is 1.04. The Balaban J connectivity index is 1.93. The smallest absolute Gasteiger partial charge is 0.0614 e. The number of benzene rings is 2. The second kappa shape index (κ2) is 2.92. The van der Waals surface area contributed by atoms with E-state index in [0.29, 0.717) is 6.04 Å². The zero-order valence-electron chi connectivity index (χ0n) is 9.90. The molecule has 4 rings (SSSR count). The van der Waals surface area contributed by atoms with Gasteiger partial charge in [-0.05, 0) is 29.2 Å². The molecule has 84 valence electrons. The highest BCUT2D eigenvalue weighted by atomic mass is 15.0. The molecule has 0 bridgehead atoms. The van der Waals surface area contributed by atoms with Crippen LogP contribution in [0.4, 0.5) is 5.69 Å². The first-order valence-electron chi connectivity index (χ1n) is 6.23. The van der Waals surface area contributed by atoms with Crippen LogP contribution in [0.5, 0.6) is 0 Å². The summed E-state index contributed by atoms with van der Waals surface area (Å²) in [6.45, 7) is 2.39. The van der Waals surface area contributed by atoms with Crippen LogP contribution in [0.2, 0.25) is 0 Å². The summed E-state index contributed by atoms with van der Waals surface area (Å²) in [5.74, 6) is 0. The molecule has 2 aromatic rings. The fraction of sp³-hybridized carbons (Fsp3) is 0.250. The van der Waals surface area contributed by atoms with Crippen molar-refractivity contribution in [2.75, 3.05) is 5.32 Å². The normalized spacial score (nSPS) is 28.2. The fourth-order valence-corrected chi connectivity index (χ4v) is 3.57. The summed E-state index contributed by atoms with van der Waals surface area (Å²) in [5, 5.41) is 3.69. The zero-order valence-corrected chi connectivity index (χ0v) is 9.90. The number of hydrogen-bond donors (Lipinski definition) is 1. The van der Waals surface area contributed by atoms with E-state index in [2.05, 4.69) is 60.8 Å². The van der Waals surface area contributed by atoms with E-state index in [1.807, 2.05) is 0 Å². The van der Waals surface area contributed by atoms with E-state index < -0.39 is 0 Å². The van der Waals surface area contributed by atoms with Gasteiger partial charge in [0.05, 0.1) is 6.04 Å². The molecule has 0 saturated heterocycles. The highest BCUT2D eigenvalue weighted by molar-refractivity contribution is 5.66. The van der Waals surface area contributed by atoms with E-state index in [1.165, 1.54) is 22.4 Å². The molecule has 17 heavy (non-hydrogen) atoms. The number of rotatable bonds is 0. The van der Waals surface area contributed by atoms with Crippen molar-refractivity contribution in [2.45, 2.75) is 24.8 Å². The molecule has 1 aliphatic heterocycles. The van der Waals surface area contributed by atoms with E-state index in [9.17, 15) is 0 Å². The Morgan fingerprint density at radius 2 is 1.82 bits per heavy atom. The van der Waals surface area contributed by atoms with Gasteiger partial charge < -0.3 is 5.32 Å². The van der Waals surface area contributed by atoms with Gasteiger partial charge >= 0.3 is 0 Å². The summed E-state index contributed by atoms with van der Waals surface area (Å²) in [4.78, 5) is 0. The Morgan fingerprint density at radius 3 is 2.76 bits per heavy atom. The summed E-state index contributed by atoms with van der Waals surface area (Å²) in [5.41, 5.74) is 6.00. The molecule has 1 heteroatoms. The van der Waals surface area contributed by atoms with Crippen LogP contribution in [0.1, 0.15) is 29.7 Å². The molecule has 0 aromatic heterocycles. The molecule has 2 aromatic carbocycles. The summed E-state index contributed by atoms with van der Waals surface area (Å²) in [7, 11) is 0. The highest BCUT2D eigenvalue weighted by Crippen LogP contribution is 2.55. The second-order valence-corrected chi connectivity index (χ2v) is 5.42. The molecule has 0 unspecified atom stereocenters. The summed E-state index contributed by atoms with van der Waals surface area (Å²) < 4.78 is 0. The Bertz CT molecular complexity index is 602. The SMILES string of the molecule is C[C@]12Cc3ccccc3[C@H]1Nc1ccccc12. The number of fused-ring (bicyclic) bond motifs is 5. The minimum absolute atomic E-state index is 0.236. The average molecular weight is 221 g/mol. The first kappa shape index (κ1) is 9.29. The van der Waals surface area contributed by atoms with Gasteiger partial charge in [-0.15, -0.1) is 0 Å². The van der Waals surface area contributed by atoms with Crippen LogP contribution < -0.4 is 5.32 Å². The van der Waals surface area contributed by atoms with Gasteiger partial charge in [0.2, 0.25) is 0 Å². The van der Waals surface area contributed by atoms with Crippen LogP contribution in [-0.4, -0.2) is 0 Å². The number of para-hydroxylation sites is 1. The van der Waals surface area contributed by atoms with Crippen LogP contribution in [0.3, 0.4) is 0 Å². The quantitative estimate of drug-likeness (QED) is 0.715. The lowest BCUT2D eigenvalue weighted by Gasteiger charge is -2.24. The number of nitrogens with one attached hydrogen (secondary N) is 1. The van der Waals surface area contributed by atoms with Gasteiger partial charge in [0.25, 0.3) is 0 Å². The van der Waals surface area contributed by atoms with Gasteiger partial charge in [0, 0.05) is 11.1 Å². The van der Waals surface area contributed by atoms with Crippen molar-refractivity contribution in [3.8, 4) is 0 Å². The number of anilines is 1. The van der Waals surface area contributed by atoms with Gasteiger partial charge in [-0.3, -0.25) is 0 Å². The summed E-state index contributed by atoms with van der Waals surface area (Å²) in [6, 6.07) is 18.0. The van der Waals surface area contributed by atoms with E-state index in [0.717, 1.165) is 6.42 Å². The molecule has 1 nitrogen and oxygen atoms in total. The molecule has 0 fully saturated rings. The first-order valence-corrected chi connectivity index (χ1v) is 6.23. The van der Waals surface area contributed by atoms with Crippen molar-refractivity contribution in [1.82, 2.24) is 0 Å². The highest BCUT2D eigenvalue weighted by Gasteiger charge is 2.48. The lowest BCUT2D eigenvalue weighted by molar-refractivity contribution is 0.464. The molecule has 0 amide bonds. The molecule has 0 radical (unpaired) electrons. The zero-order chi connectivity index (χ0) is 11.5. The van der Waals surface area contributed by atoms with Crippen LogP contribution in [0.25, 0.3) is 0 Å². The van der Waals surface area contributed by atoms with Crippen LogP contribution in [0.15, 0.2) is 48.5 Å². The van der Waals surface area contributed by atoms with Gasteiger partial charge in [0.15, 0.2) is 0 Å². The molecule has 1 N–H and O–H groups in total. The van der Waals surface area contributed by atoms with E-state index in [1.54, 1.807) is 0 Å². The number of hydrogen-bond acceptors (Lipinski definition) is 1. The van der Waals surface area contributed by atoms with Crippen molar-refractivity contribution in [3.63, 3.8) is 0 Å². The van der Waals surface area contributed by atoms with Gasteiger partial charge in [0.1, 0.15) is 0 Å². The Morgan fingerprint density at radius 1 is 1.06 bits per heavy atom. The van der Waals surface area contributed by atoms with Crippen LogP contribution >= 0.6 is 0 Å². The largest absolute Gasteiger partial charge is 0.377 e. The Hall–Kier alpha value is -1.76. The molecule has 1 aliphatic carbocycles. The summed E-state index contributed by atoms with van der Waals surface area (Å²) in [6.07, 6.45) is 1.15. The molecular formula is C16H15N. The van der Waals surface area contributed by atoms with Crippen molar-refractivity contribution in [3.05, 3.63) is 65.2 Å². The maximum Gasteiger partial charge on any atom is 0.0614 e. The molecule has 0 saturated carbocycles. The summed E-state index contributed by atoms with van der Waals surface area (Å²) >= 11 is 0. The van der Waals surface area contributed by atoms with Crippen molar-refractivity contribution in [1.29, 1.82) is 0 Å².